The molecule has 1 aromatic rings. The van der Waals surface area contributed by atoms with Crippen molar-refractivity contribution in [1.82, 2.24) is 10.2 Å². The summed E-state index contributed by atoms with van der Waals surface area (Å²) >= 11 is 0. The molecular weight excluding hydrogens is 292 g/mol. The normalized spacial score (nSPS) is 35.2. The highest BCUT2D eigenvalue weighted by Gasteiger charge is 2.66. The van der Waals surface area contributed by atoms with E-state index in [1.165, 1.54) is 0 Å². The van der Waals surface area contributed by atoms with Gasteiger partial charge in [-0.15, -0.1) is 0 Å². The second-order valence-electron chi connectivity index (χ2n) is 7.23. The van der Waals surface area contributed by atoms with Crippen LogP contribution in [-0.2, 0) is 16.1 Å². The molecule has 5 nitrogen and oxygen atoms in total. The molecule has 5 rings (SSSR count). The van der Waals surface area contributed by atoms with Crippen LogP contribution < -0.4 is 10.1 Å². The van der Waals surface area contributed by atoms with Gasteiger partial charge in [-0.25, -0.2) is 0 Å². The van der Waals surface area contributed by atoms with Crippen LogP contribution in [0.2, 0.25) is 0 Å². The number of hydrogen-bond donors (Lipinski definition) is 1. The van der Waals surface area contributed by atoms with Crippen LogP contribution in [0.4, 0.5) is 0 Å². The Bertz CT molecular complexity index is 671. The summed E-state index contributed by atoms with van der Waals surface area (Å²) < 4.78 is 5.18. The van der Waals surface area contributed by atoms with E-state index in [0.717, 1.165) is 37.0 Å². The molecule has 3 heterocycles. The lowest BCUT2D eigenvalue weighted by atomic mass is 9.67. The van der Waals surface area contributed by atoms with E-state index in [9.17, 15) is 9.59 Å². The van der Waals surface area contributed by atoms with Crippen LogP contribution in [0.1, 0.15) is 38.2 Å². The maximum atomic E-state index is 13.2. The summed E-state index contributed by atoms with van der Waals surface area (Å²) in [7, 11) is 1.63. The number of fused-ring (bicyclic) bond motifs is 2. The van der Waals surface area contributed by atoms with E-state index in [0.29, 0.717) is 12.5 Å². The molecule has 0 aromatic heterocycles. The lowest BCUT2D eigenvalue weighted by Crippen LogP contribution is -2.80. The Labute approximate surface area is 136 Å². The molecule has 1 aromatic carbocycles. The molecular formula is C18H22N2O3. The first-order chi connectivity index (χ1) is 11.0. The SMILES string of the molecule is COc1ccc(CN2C(=O)[C@@]34CCC[C@@H]3C[C@]2(C)C(=O)N4)cc1. The molecule has 2 amide bonds. The van der Waals surface area contributed by atoms with Crippen molar-refractivity contribution in [2.45, 2.75) is 50.2 Å². The van der Waals surface area contributed by atoms with Crippen molar-refractivity contribution in [3.63, 3.8) is 0 Å². The van der Waals surface area contributed by atoms with Crippen LogP contribution in [0.5, 0.6) is 5.75 Å². The van der Waals surface area contributed by atoms with Crippen LogP contribution in [-0.4, -0.2) is 34.9 Å². The van der Waals surface area contributed by atoms with Crippen molar-refractivity contribution in [1.29, 1.82) is 0 Å². The zero-order valence-electron chi connectivity index (χ0n) is 13.6. The summed E-state index contributed by atoms with van der Waals surface area (Å²) in [6, 6.07) is 7.70. The highest BCUT2D eigenvalue weighted by molar-refractivity contribution is 6.04. The number of hydrogen-bond acceptors (Lipinski definition) is 3. The Morgan fingerprint density at radius 1 is 1.30 bits per heavy atom. The van der Waals surface area contributed by atoms with Gasteiger partial charge in [0.2, 0.25) is 11.8 Å². The summed E-state index contributed by atoms with van der Waals surface area (Å²) in [5, 5.41) is 3.07. The third-order valence-corrected chi connectivity index (χ3v) is 6.01. The molecule has 3 aliphatic heterocycles. The number of carbonyl (C=O) groups is 2. The van der Waals surface area contributed by atoms with Gasteiger partial charge in [0.05, 0.1) is 7.11 Å². The van der Waals surface area contributed by atoms with Crippen molar-refractivity contribution < 1.29 is 14.3 Å². The third kappa shape index (κ3) is 1.85. The molecule has 5 heteroatoms. The molecule has 2 bridgehead atoms. The zero-order valence-corrected chi connectivity index (χ0v) is 13.6. The van der Waals surface area contributed by atoms with Gasteiger partial charge in [0.15, 0.2) is 0 Å². The average molecular weight is 314 g/mol. The van der Waals surface area contributed by atoms with Gasteiger partial charge in [-0.05, 0) is 49.8 Å². The van der Waals surface area contributed by atoms with E-state index in [4.69, 9.17) is 4.74 Å². The van der Waals surface area contributed by atoms with E-state index < -0.39 is 11.1 Å². The zero-order chi connectivity index (χ0) is 16.2. The van der Waals surface area contributed by atoms with Gasteiger partial charge in [0.1, 0.15) is 16.8 Å². The van der Waals surface area contributed by atoms with Crippen molar-refractivity contribution in [2.24, 2.45) is 5.92 Å². The highest BCUT2D eigenvalue weighted by Crippen LogP contribution is 2.51. The van der Waals surface area contributed by atoms with Crippen molar-refractivity contribution in [3.8, 4) is 5.75 Å². The summed E-state index contributed by atoms with van der Waals surface area (Å²) in [5.74, 6) is 1.19. The molecule has 23 heavy (non-hydrogen) atoms. The van der Waals surface area contributed by atoms with Crippen LogP contribution in [0.15, 0.2) is 24.3 Å². The standard InChI is InChI=1S/C18H22N2O3/c1-17-10-13-4-3-9-18(13,19-15(17)21)16(22)20(17)11-12-5-7-14(23-2)8-6-12/h5-8,13H,3-4,9-11H2,1-2H3,(H,19,21)/t13-,17-,18-/m1/s1. The maximum Gasteiger partial charge on any atom is 0.249 e. The van der Waals surface area contributed by atoms with Crippen LogP contribution in [0.25, 0.3) is 0 Å². The monoisotopic (exact) mass is 314 g/mol. The summed E-state index contributed by atoms with van der Waals surface area (Å²) in [4.78, 5) is 27.6. The number of ether oxygens (including phenoxy) is 1. The Kier molecular flexibility index (Phi) is 2.99. The molecule has 4 fully saturated rings. The molecule has 1 N–H and O–H groups in total. The molecule has 3 atom stereocenters. The number of nitrogens with one attached hydrogen (secondary N) is 1. The molecule has 0 unspecified atom stereocenters. The first-order valence-corrected chi connectivity index (χ1v) is 8.27. The third-order valence-electron chi connectivity index (χ3n) is 6.01. The highest BCUT2D eigenvalue weighted by atomic mass is 16.5. The topological polar surface area (TPSA) is 58.6 Å². The Morgan fingerprint density at radius 2 is 2.04 bits per heavy atom. The lowest BCUT2D eigenvalue weighted by Gasteiger charge is -2.58. The quantitative estimate of drug-likeness (QED) is 0.926. The van der Waals surface area contributed by atoms with E-state index >= 15 is 0 Å². The average Bonchev–Trinajstić information content (AvgIpc) is 2.95. The number of piperidine rings is 2. The molecule has 4 aliphatic rings. The lowest BCUT2D eigenvalue weighted by molar-refractivity contribution is -0.176. The molecule has 1 spiro atoms. The van der Waals surface area contributed by atoms with Gasteiger partial charge >= 0.3 is 0 Å². The fourth-order valence-electron chi connectivity index (χ4n) is 4.62. The largest absolute Gasteiger partial charge is 0.497 e. The van der Waals surface area contributed by atoms with Gasteiger partial charge < -0.3 is 15.0 Å². The molecule has 0 radical (unpaired) electrons. The van der Waals surface area contributed by atoms with Crippen molar-refractivity contribution in [2.75, 3.05) is 7.11 Å². The van der Waals surface area contributed by atoms with Gasteiger partial charge in [-0.2, -0.15) is 0 Å². The molecule has 1 saturated carbocycles. The molecule has 122 valence electrons. The van der Waals surface area contributed by atoms with Gasteiger partial charge in [-0.1, -0.05) is 18.6 Å². The predicted molar refractivity (Wildman–Crippen MR) is 84.8 cm³/mol. The molecule has 1 aliphatic carbocycles. The number of methoxy groups -OCH3 is 1. The minimum absolute atomic E-state index is 0.00348. The van der Waals surface area contributed by atoms with Crippen LogP contribution in [0, 0.1) is 5.92 Å². The fraction of sp³-hybridized carbons (Fsp3) is 0.556. The predicted octanol–water partition coefficient (Wildman–Crippen LogP) is 1.85. The second kappa shape index (κ2) is 4.73. The van der Waals surface area contributed by atoms with Gasteiger partial charge in [0, 0.05) is 6.54 Å². The van der Waals surface area contributed by atoms with Crippen LogP contribution in [0.3, 0.4) is 0 Å². The minimum atomic E-state index is -0.728. The smallest absolute Gasteiger partial charge is 0.249 e. The summed E-state index contributed by atoms with van der Waals surface area (Å²) in [6.07, 6.45) is 3.61. The van der Waals surface area contributed by atoms with E-state index in [2.05, 4.69) is 5.32 Å². The van der Waals surface area contributed by atoms with E-state index in [1.54, 1.807) is 12.0 Å². The number of rotatable bonds is 3. The number of piperazine rings is 1. The number of nitrogens with zero attached hydrogens (tertiary/aromatic N) is 1. The Morgan fingerprint density at radius 3 is 2.74 bits per heavy atom. The van der Waals surface area contributed by atoms with Gasteiger partial charge in [-0.3, -0.25) is 9.59 Å². The second-order valence-corrected chi connectivity index (χ2v) is 7.23. The maximum absolute atomic E-state index is 13.2. The van der Waals surface area contributed by atoms with E-state index in [-0.39, 0.29) is 11.8 Å². The Hall–Kier alpha value is -2.04. The van der Waals surface area contributed by atoms with Crippen molar-refractivity contribution in [3.05, 3.63) is 29.8 Å². The minimum Gasteiger partial charge on any atom is -0.497 e. The first kappa shape index (κ1) is 14.5. The number of amides is 2. The van der Waals surface area contributed by atoms with Crippen LogP contribution >= 0.6 is 0 Å². The number of benzene rings is 1. The van der Waals surface area contributed by atoms with Gasteiger partial charge in [0.25, 0.3) is 0 Å². The van der Waals surface area contributed by atoms with Crippen molar-refractivity contribution >= 4 is 11.8 Å². The summed E-state index contributed by atoms with van der Waals surface area (Å²) in [5.41, 5.74) is -0.346. The summed E-state index contributed by atoms with van der Waals surface area (Å²) in [6.45, 7) is 2.38. The Balaban J connectivity index is 1.67. The van der Waals surface area contributed by atoms with E-state index in [1.807, 2.05) is 31.2 Å². The fourth-order valence-corrected chi connectivity index (χ4v) is 4.62. The molecule has 3 saturated heterocycles. The first-order valence-electron chi connectivity index (χ1n) is 8.27. The number of carbonyl (C=O) groups excluding carboxylic acids is 2.